The Morgan fingerprint density at radius 2 is 1.15 bits per heavy atom. The molecule has 0 saturated heterocycles. The molecule has 5 aromatic rings. The summed E-state index contributed by atoms with van der Waals surface area (Å²) < 4.78 is 73.6. The number of nitrogens with one attached hydrogen (secondary N) is 1. The Bertz CT molecular complexity index is 2120. The highest BCUT2D eigenvalue weighted by molar-refractivity contribution is 6.22. The van der Waals surface area contributed by atoms with Gasteiger partial charge in [0.05, 0.1) is 23.7 Å². The highest BCUT2D eigenvalue weighted by Gasteiger charge is 2.57. The topological polar surface area (TPSA) is 37.4 Å². The van der Waals surface area contributed by atoms with Crippen LogP contribution < -0.4 is 0 Å². The maximum absolute atomic E-state index is 14.2. The van der Waals surface area contributed by atoms with Gasteiger partial charge in [0.1, 0.15) is 6.61 Å². The Kier molecular flexibility index (Phi) is 9.68. The minimum absolute atomic E-state index is 0.0597. The first kappa shape index (κ1) is 37.0. The van der Waals surface area contributed by atoms with E-state index in [1.807, 2.05) is 85.8 Å². The number of hydrogen-bond acceptors (Lipinski definition) is 2. The van der Waals surface area contributed by atoms with Crippen molar-refractivity contribution in [3.63, 3.8) is 0 Å². The molecule has 0 amide bonds. The Morgan fingerprint density at radius 3 is 1.69 bits per heavy atom. The summed E-state index contributed by atoms with van der Waals surface area (Å²) in [6, 6.07) is 33.7. The third-order valence-electron chi connectivity index (χ3n) is 9.46. The molecular formula is C44H43F5N2O. The summed E-state index contributed by atoms with van der Waals surface area (Å²) in [4.78, 5) is 8.62. The Morgan fingerprint density at radius 1 is 0.635 bits per heavy atom. The van der Waals surface area contributed by atoms with Gasteiger partial charge in [-0.1, -0.05) is 144 Å². The number of aryl methyl sites for hydroxylation is 1. The summed E-state index contributed by atoms with van der Waals surface area (Å²) in [5.74, 6) is -5.03. The van der Waals surface area contributed by atoms with Crippen LogP contribution in [0.15, 0.2) is 108 Å². The number of aromatic amines is 1. The van der Waals surface area contributed by atoms with Crippen LogP contribution in [-0.4, -0.2) is 36.0 Å². The smallest absolute Gasteiger partial charge is 0.370 e. The molecule has 6 rings (SSSR count). The fraction of sp³-hybridized carbons (Fsp3) is 0.295. The zero-order chi connectivity index (χ0) is 37.6. The van der Waals surface area contributed by atoms with Crippen LogP contribution in [0, 0.1) is 6.92 Å². The number of alkyl halides is 5. The van der Waals surface area contributed by atoms with Crippen molar-refractivity contribution < 1.29 is 26.7 Å². The van der Waals surface area contributed by atoms with E-state index in [4.69, 9.17) is 9.73 Å². The fourth-order valence-corrected chi connectivity index (χ4v) is 6.29. The number of aromatic nitrogens is 1. The standard InChI is InChI=1S/C44H43F5N2O/c1-27-12-14-30(15-13-27)38-33-10-8-9-11-34(33)39(51-38)36(25-52-26-43(45,46)44(47,48)49)40-35(28-16-20-31(21-17-28)41(2,3)4)24-37(50-40)29-18-22-32(23-19-29)42(5,6)7/h8-24,50H,25-26H2,1-7H3. The molecule has 52 heavy (non-hydrogen) atoms. The molecule has 1 aliphatic heterocycles. The van der Waals surface area contributed by atoms with Crippen molar-refractivity contribution in [1.82, 2.24) is 4.98 Å². The molecule has 0 saturated carbocycles. The van der Waals surface area contributed by atoms with Gasteiger partial charge in [0, 0.05) is 33.5 Å². The highest BCUT2D eigenvalue weighted by Crippen LogP contribution is 2.43. The lowest BCUT2D eigenvalue weighted by atomic mass is 9.86. The first-order chi connectivity index (χ1) is 24.3. The van der Waals surface area contributed by atoms with Gasteiger partial charge in [0.2, 0.25) is 0 Å². The molecule has 8 heteroatoms. The van der Waals surface area contributed by atoms with Crippen molar-refractivity contribution in [1.29, 1.82) is 0 Å². The number of hydrogen-bond donors (Lipinski definition) is 1. The largest absolute Gasteiger partial charge is 0.455 e. The number of H-pyrrole nitrogens is 1. The molecule has 0 bridgehead atoms. The Hall–Kier alpha value is -4.82. The third-order valence-corrected chi connectivity index (χ3v) is 9.46. The number of ether oxygens (including phenoxy) is 1. The van der Waals surface area contributed by atoms with Crippen LogP contribution in [0.25, 0.3) is 33.7 Å². The second kappa shape index (κ2) is 13.6. The monoisotopic (exact) mass is 710 g/mol. The van der Waals surface area contributed by atoms with Gasteiger partial charge in [-0.15, -0.1) is 0 Å². The fourth-order valence-electron chi connectivity index (χ4n) is 6.29. The second-order valence-electron chi connectivity index (χ2n) is 15.5. The number of fused-ring (bicyclic) bond motifs is 1. The van der Waals surface area contributed by atoms with Crippen molar-refractivity contribution in [2.75, 3.05) is 13.2 Å². The van der Waals surface area contributed by atoms with Gasteiger partial charge in [-0.2, -0.15) is 22.0 Å². The number of rotatable bonds is 8. The van der Waals surface area contributed by atoms with Crippen LogP contribution in [0.4, 0.5) is 22.0 Å². The van der Waals surface area contributed by atoms with Crippen LogP contribution in [0.1, 0.15) is 80.6 Å². The van der Waals surface area contributed by atoms with E-state index in [1.165, 1.54) is 0 Å². The molecule has 3 nitrogen and oxygen atoms in total. The van der Waals surface area contributed by atoms with Gasteiger partial charge in [-0.3, -0.25) is 0 Å². The van der Waals surface area contributed by atoms with Crippen molar-refractivity contribution >= 4 is 17.0 Å². The van der Waals surface area contributed by atoms with E-state index >= 15 is 0 Å². The molecule has 0 atom stereocenters. The molecule has 1 aromatic heterocycles. The van der Waals surface area contributed by atoms with Crippen LogP contribution in [-0.2, 0) is 15.6 Å². The quantitative estimate of drug-likeness (QED) is 0.160. The van der Waals surface area contributed by atoms with Gasteiger partial charge < -0.3 is 9.72 Å². The number of aliphatic imine (C=N–C) groups is 1. The van der Waals surface area contributed by atoms with Gasteiger partial charge in [0.15, 0.2) is 0 Å². The Balaban J connectivity index is 1.58. The molecule has 0 unspecified atom stereocenters. The van der Waals surface area contributed by atoms with Crippen LogP contribution in [0.5, 0.6) is 0 Å². The van der Waals surface area contributed by atoms with E-state index in [1.54, 1.807) is 0 Å². The van der Waals surface area contributed by atoms with Gasteiger partial charge in [-0.25, -0.2) is 4.99 Å². The molecule has 0 radical (unpaired) electrons. The SMILES string of the molecule is Cc1ccc(C2=NC(=C(COCC(F)(F)C(F)(F)F)c3[nH]c(-c4ccc(C(C)(C)C)cc4)cc3-c3ccc(C(C)(C)C)cc3)c3ccccc32)cc1. The van der Waals surface area contributed by atoms with E-state index in [2.05, 4.69) is 70.8 Å². The summed E-state index contributed by atoms with van der Waals surface area (Å²) in [7, 11) is 0. The highest BCUT2D eigenvalue weighted by atomic mass is 19.4. The van der Waals surface area contributed by atoms with Gasteiger partial charge in [-0.05, 0) is 46.1 Å². The van der Waals surface area contributed by atoms with Gasteiger partial charge in [0.25, 0.3) is 0 Å². The number of benzene rings is 4. The molecule has 0 spiro atoms. The summed E-state index contributed by atoms with van der Waals surface area (Å²) in [5.41, 5.74) is 10.8. The molecule has 1 N–H and O–H groups in total. The van der Waals surface area contributed by atoms with Crippen LogP contribution >= 0.6 is 0 Å². The average Bonchev–Trinajstić information content (AvgIpc) is 3.69. The van der Waals surface area contributed by atoms with E-state index in [0.717, 1.165) is 55.8 Å². The second-order valence-corrected chi connectivity index (χ2v) is 15.5. The minimum atomic E-state index is -5.75. The molecule has 1 aliphatic rings. The van der Waals surface area contributed by atoms with E-state index in [-0.39, 0.29) is 10.8 Å². The van der Waals surface area contributed by atoms with E-state index in [9.17, 15) is 22.0 Å². The Labute approximate surface area is 302 Å². The number of halogens is 5. The molecule has 270 valence electrons. The van der Waals surface area contributed by atoms with Crippen molar-refractivity contribution in [3.05, 3.63) is 142 Å². The van der Waals surface area contributed by atoms with Crippen molar-refractivity contribution in [2.24, 2.45) is 4.99 Å². The predicted octanol–water partition coefficient (Wildman–Crippen LogP) is 12.2. The zero-order valence-corrected chi connectivity index (χ0v) is 30.5. The third kappa shape index (κ3) is 7.54. The summed E-state index contributed by atoms with van der Waals surface area (Å²) in [6.45, 7) is 12.4. The molecule has 0 aliphatic carbocycles. The molecule has 2 heterocycles. The lowest BCUT2D eigenvalue weighted by molar-refractivity contribution is -0.295. The summed E-state index contributed by atoms with van der Waals surface area (Å²) in [5, 5.41) is 0. The van der Waals surface area contributed by atoms with Crippen LogP contribution in [0.3, 0.4) is 0 Å². The predicted molar refractivity (Wildman–Crippen MR) is 201 cm³/mol. The maximum atomic E-state index is 14.2. The average molecular weight is 711 g/mol. The molecule has 4 aromatic carbocycles. The van der Waals surface area contributed by atoms with E-state index in [0.29, 0.717) is 22.7 Å². The maximum Gasteiger partial charge on any atom is 0.455 e. The van der Waals surface area contributed by atoms with Gasteiger partial charge >= 0.3 is 12.1 Å². The zero-order valence-electron chi connectivity index (χ0n) is 30.5. The first-order valence-electron chi connectivity index (χ1n) is 17.3. The normalized spacial score (nSPS) is 14.7. The first-order valence-corrected chi connectivity index (χ1v) is 17.3. The summed E-state index contributed by atoms with van der Waals surface area (Å²) >= 11 is 0. The summed E-state index contributed by atoms with van der Waals surface area (Å²) in [6.07, 6.45) is -5.75. The van der Waals surface area contributed by atoms with Crippen LogP contribution in [0.2, 0.25) is 0 Å². The molecule has 0 fully saturated rings. The molecular weight excluding hydrogens is 667 g/mol. The van der Waals surface area contributed by atoms with Crippen molar-refractivity contribution in [2.45, 2.75) is 71.4 Å². The lowest BCUT2D eigenvalue weighted by Crippen LogP contribution is -2.40. The van der Waals surface area contributed by atoms with E-state index < -0.39 is 25.3 Å². The van der Waals surface area contributed by atoms with Crippen molar-refractivity contribution in [3.8, 4) is 22.4 Å². The lowest BCUT2D eigenvalue weighted by Gasteiger charge is -2.21. The minimum Gasteiger partial charge on any atom is -0.370 e. The number of nitrogens with zero attached hydrogens (tertiary/aromatic N) is 1.